The van der Waals surface area contributed by atoms with E-state index < -0.39 is 0 Å². The SMILES string of the molecule is CC(=O)N1CCN(c2cc(C)c3cc(C)cc(C)c3n2)CC1. The highest BCUT2D eigenvalue weighted by atomic mass is 16.2. The number of piperazine rings is 1. The number of carbonyl (C=O) groups excluding carboxylic acids is 1. The van der Waals surface area contributed by atoms with Crippen LogP contribution in [0.2, 0.25) is 0 Å². The number of fused-ring (bicyclic) bond motifs is 1. The van der Waals surface area contributed by atoms with Crippen LogP contribution in [-0.4, -0.2) is 42.0 Å². The molecule has 0 spiro atoms. The first kappa shape index (κ1) is 14.8. The first-order valence-corrected chi connectivity index (χ1v) is 7.85. The summed E-state index contributed by atoms with van der Waals surface area (Å²) in [6, 6.07) is 6.57. The Labute approximate surface area is 131 Å². The van der Waals surface area contributed by atoms with E-state index in [2.05, 4.69) is 43.9 Å². The summed E-state index contributed by atoms with van der Waals surface area (Å²) in [5, 5.41) is 1.24. The van der Waals surface area contributed by atoms with Crippen LogP contribution in [0, 0.1) is 20.8 Å². The third-order valence-electron chi connectivity index (χ3n) is 4.49. The predicted octanol–water partition coefficient (Wildman–Crippen LogP) is 2.83. The summed E-state index contributed by atoms with van der Waals surface area (Å²) in [7, 11) is 0. The van der Waals surface area contributed by atoms with Crippen LogP contribution in [0.4, 0.5) is 5.82 Å². The summed E-state index contributed by atoms with van der Waals surface area (Å²) in [4.78, 5) is 20.5. The van der Waals surface area contributed by atoms with E-state index in [1.807, 2.05) is 4.90 Å². The Morgan fingerprint density at radius 2 is 1.68 bits per heavy atom. The van der Waals surface area contributed by atoms with Gasteiger partial charge in [-0.25, -0.2) is 4.98 Å². The molecular formula is C18H23N3O. The molecule has 1 saturated heterocycles. The maximum atomic E-state index is 11.4. The van der Waals surface area contributed by atoms with Crippen LogP contribution >= 0.6 is 0 Å². The zero-order valence-corrected chi connectivity index (χ0v) is 13.8. The van der Waals surface area contributed by atoms with Gasteiger partial charge in [-0.05, 0) is 44.0 Å². The molecule has 4 heteroatoms. The number of aromatic nitrogens is 1. The normalized spacial score (nSPS) is 15.5. The minimum atomic E-state index is 0.161. The largest absolute Gasteiger partial charge is 0.353 e. The minimum Gasteiger partial charge on any atom is -0.353 e. The lowest BCUT2D eigenvalue weighted by Gasteiger charge is -2.35. The molecule has 1 aliphatic rings. The first-order chi connectivity index (χ1) is 10.5. The van der Waals surface area contributed by atoms with E-state index in [1.165, 1.54) is 22.1 Å². The van der Waals surface area contributed by atoms with Crippen molar-refractivity contribution in [3.63, 3.8) is 0 Å². The van der Waals surface area contributed by atoms with E-state index in [9.17, 15) is 4.79 Å². The smallest absolute Gasteiger partial charge is 0.219 e. The highest BCUT2D eigenvalue weighted by Gasteiger charge is 2.20. The number of aryl methyl sites for hydroxylation is 3. The summed E-state index contributed by atoms with van der Waals surface area (Å²) < 4.78 is 0. The Morgan fingerprint density at radius 3 is 2.32 bits per heavy atom. The molecule has 0 unspecified atom stereocenters. The van der Waals surface area contributed by atoms with Crippen molar-refractivity contribution in [1.29, 1.82) is 0 Å². The molecular weight excluding hydrogens is 274 g/mol. The van der Waals surface area contributed by atoms with Crippen molar-refractivity contribution >= 4 is 22.6 Å². The standard InChI is InChI=1S/C18H23N3O/c1-12-9-14(3)18-16(10-12)13(2)11-17(19-18)21-7-5-20(6-8-21)15(4)22/h9-11H,5-8H2,1-4H3. The van der Waals surface area contributed by atoms with Crippen LogP contribution in [0.5, 0.6) is 0 Å². The van der Waals surface area contributed by atoms with Gasteiger partial charge in [0.15, 0.2) is 0 Å². The molecule has 3 rings (SSSR count). The Kier molecular flexibility index (Phi) is 3.77. The number of benzene rings is 1. The van der Waals surface area contributed by atoms with Crippen LogP contribution in [0.1, 0.15) is 23.6 Å². The Balaban J connectivity index is 1.94. The Bertz CT molecular complexity index is 731. The first-order valence-electron chi connectivity index (χ1n) is 7.85. The van der Waals surface area contributed by atoms with Crippen molar-refractivity contribution < 1.29 is 4.79 Å². The molecule has 0 radical (unpaired) electrons. The lowest BCUT2D eigenvalue weighted by Crippen LogP contribution is -2.48. The number of pyridine rings is 1. The van der Waals surface area contributed by atoms with Gasteiger partial charge < -0.3 is 9.80 Å². The average molecular weight is 297 g/mol. The number of anilines is 1. The molecule has 1 fully saturated rings. The number of hydrogen-bond acceptors (Lipinski definition) is 3. The molecule has 1 aliphatic heterocycles. The van der Waals surface area contributed by atoms with Crippen molar-refractivity contribution in [2.24, 2.45) is 0 Å². The fourth-order valence-electron chi connectivity index (χ4n) is 3.24. The molecule has 1 amide bonds. The van der Waals surface area contributed by atoms with Crippen molar-refractivity contribution in [2.75, 3.05) is 31.1 Å². The molecule has 2 heterocycles. The Hall–Kier alpha value is -2.10. The molecule has 0 atom stereocenters. The maximum absolute atomic E-state index is 11.4. The third kappa shape index (κ3) is 2.65. The molecule has 2 aromatic rings. The van der Waals surface area contributed by atoms with Gasteiger partial charge in [0.1, 0.15) is 5.82 Å². The lowest BCUT2D eigenvalue weighted by atomic mass is 10.0. The molecule has 22 heavy (non-hydrogen) atoms. The number of amides is 1. The van der Waals surface area contributed by atoms with Gasteiger partial charge >= 0.3 is 0 Å². The van der Waals surface area contributed by atoms with E-state index >= 15 is 0 Å². The number of carbonyl (C=O) groups is 1. The lowest BCUT2D eigenvalue weighted by molar-refractivity contribution is -0.129. The molecule has 0 aliphatic carbocycles. The number of nitrogens with zero attached hydrogens (tertiary/aromatic N) is 3. The number of hydrogen-bond donors (Lipinski definition) is 0. The van der Waals surface area contributed by atoms with Crippen molar-refractivity contribution in [3.8, 4) is 0 Å². The summed E-state index contributed by atoms with van der Waals surface area (Å²) in [5.41, 5.74) is 4.86. The maximum Gasteiger partial charge on any atom is 0.219 e. The van der Waals surface area contributed by atoms with E-state index in [0.29, 0.717) is 0 Å². The summed E-state index contributed by atoms with van der Waals surface area (Å²) in [5.74, 6) is 1.19. The van der Waals surface area contributed by atoms with Crippen molar-refractivity contribution in [1.82, 2.24) is 9.88 Å². The summed E-state index contributed by atoms with van der Waals surface area (Å²) >= 11 is 0. The van der Waals surface area contributed by atoms with E-state index in [0.717, 1.165) is 37.5 Å². The van der Waals surface area contributed by atoms with Gasteiger partial charge in [0.25, 0.3) is 0 Å². The molecule has 4 nitrogen and oxygen atoms in total. The van der Waals surface area contributed by atoms with Crippen molar-refractivity contribution in [2.45, 2.75) is 27.7 Å². The topological polar surface area (TPSA) is 36.4 Å². The highest BCUT2D eigenvalue weighted by molar-refractivity contribution is 5.87. The van der Waals surface area contributed by atoms with Crippen LogP contribution in [0.3, 0.4) is 0 Å². The molecule has 1 aromatic heterocycles. The van der Waals surface area contributed by atoms with Gasteiger partial charge in [-0.2, -0.15) is 0 Å². The number of rotatable bonds is 1. The van der Waals surface area contributed by atoms with Gasteiger partial charge in [-0.15, -0.1) is 0 Å². The second-order valence-electron chi connectivity index (χ2n) is 6.27. The fourth-order valence-corrected chi connectivity index (χ4v) is 3.24. The Morgan fingerprint density at radius 1 is 1.00 bits per heavy atom. The van der Waals surface area contributed by atoms with Gasteiger partial charge in [0.2, 0.25) is 5.91 Å². The quantitative estimate of drug-likeness (QED) is 0.812. The van der Waals surface area contributed by atoms with Gasteiger partial charge in [0, 0.05) is 38.5 Å². The predicted molar refractivity (Wildman–Crippen MR) is 90.4 cm³/mol. The second-order valence-corrected chi connectivity index (χ2v) is 6.27. The van der Waals surface area contributed by atoms with E-state index in [1.54, 1.807) is 6.92 Å². The second kappa shape index (κ2) is 5.59. The molecule has 1 aromatic carbocycles. The van der Waals surface area contributed by atoms with E-state index in [-0.39, 0.29) is 5.91 Å². The average Bonchev–Trinajstić information content (AvgIpc) is 2.48. The molecule has 0 saturated carbocycles. The van der Waals surface area contributed by atoms with Crippen LogP contribution in [0.15, 0.2) is 18.2 Å². The highest BCUT2D eigenvalue weighted by Crippen LogP contribution is 2.26. The molecule has 116 valence electrons. The summed E-state index contributed by atoms with van der Waals surface area (Å²) in [6.07, 6.45) is 0. The summed E-state index contributed by atoms with van der Waals surface area (Å²) in [6.45, 7) is 11.3. The monoisotopic (exact) mass is 297 g/mol. The van der Waals surface area contributed by atoms with Gasteiger partial charge in [-0.3, -0.25) is 4.79 Å². The molecule has 0 bridgehead atoms. The van der Waals surface area contributed by atoms with E-state index in [4.69, 9.17) is 4.98 Å². The van der Waals surface area contributed by atoms with Crippen LogP contribution in [0.25, 0.3) is 10.9 Å². The van der Waals surface area contributed by atoms with Crippen LogP contribution in [-0.2, 0) is 4.79 Å². The fraction of sp³-hybridized carbons (Fsp3) is 0.444. The zero-order chi connectivity index (χ0) is 15.9. The zero-order valence-electron chi connectivity index (χ0n) is 13.8. The van der Waals surface area contributed by atoms with Crippen LogP contribution < -0.4 is 4.90 Å². The van der Waals surface area contributed by atoms with Crippen molar-refractivity contribution in [3.05, 3.63) is 34.9 Å². The third-order valence-corrected chi connectivity index (χ3v) is 4.49. The minimum absolute atomic E-state index is 0.161. The molecule has 0 N–H and O–H groups in total. The van der Waals surface area contributed by atoms with Gasteiger partial charge in [0.05, 0.1) is 5.52 Å². The van der Waals surface area contributed by atoms with Gasteiger partial charge in [-0.1, -0.05) is 11.6 Å².